The fraction of sp³-hybridized carbons (Fsp3) is 0.105. The number of nitrogens with zero attached hydrogens (tertiary/aromatic N) is 1. The van der Waals surface area contributed by atoms with Gasteiger partial charge < -0.3 is 9.84 Å². The molecule has 3 rings (SSSR count). The molecule has 0 aliphatic carbocycles. The molecule has 2 amide bonds. The number of hydrogen-bond acceptors (Lipinski definition) is 6. The Morgan fingerprint density at radius 1 is 1.30 bits per heavy atom. The molecule has 1 aliphatic rings. The van der Waals surface area contributed by atoms with E-state index in [1.807, 2.05) is 6.92 Å². The molecule has 1 aliphatic heterocycles. The Bertz CT molecular complexity index is 929. The molecular formula is C19H16N2O4S2. The number of amides is 2. The number of ether oxygens (including phenoxy) is 1. The number of rotatable bonds is 5. The van der Waals surface area contributed by atoms with Crippen molar-refractivity contribution in [1.82, 2.24) is 10.4 Å². The lowest BCUT2D eigenvalue weighted by Gasteiger charge is -2.15. The summed E-state index contributed by atoms with van der Waals surface area (Å²) in [5.41, 5.74) is 3.63. The summed E-state index contributed by atoms with van der Waals surface area (Å²) in [6.45, 7) is 2.22. The molecule has 6 nitrogen and oxygen atoms in total. The van der Waals surface area contributed by atoms with Gasteiger partial charge in [0.1, 0.15) is 0 Å². The molecule has 2 aromatic rings. The molecule has 27 heavy (non-hydrogen) atoms. The molecule has 138 valence electrons. The van der Waals surface area contributed by atoms with E-state index in [0.29, 0.717) is 28.4 Å². The highest BCUT2D eigenvalue weighted by atomic mass is 32.2. The van der Waals surface area contributed by atoms with Crippen LogP contribution in [0.1, 0.15) is 22.8 Å². The minimum Gasteiger partial charge on any atom is -0.504 e. The predicted octanol–water partition coefficient (Wildman–Crippen LogP) is 3.34. The van der Waals surface area contributed by atoms with Crippen LogP contribution >= 0.6 is 24.0 Å². The van der Waals surface area contributed by atoms with Gasteiger partial charge in [0, 0.05) is 5.56 Å². The molecule has 0 spiro atoms. The Hall–Kier alpha value is -2.84. The predicted molar refractivity (Wildman–Crippen MR) is 108 cm³/mol. The molecule has 0 aromatic heterocycles. The van der Waals surface area contributed by atoms with Crippen molar-refractivity contribution in [2.75, 3.05) is 6.61 Å². The maximum atomic E-state index is 12.6. The first kappa shape index (κ1) is 18.9. The number of phenols is 1. The van der Waals surface area contributed by atoms with Gasteiger partial charge in [0.2, 0.25) is 0 Å². The highest BCUT2D eigenvalue weighted by molar-refractivity contribution is 8.26. The average Bonchev–Trinajstić information content (AvgIpc) is 2.92. The Morgan fingerprint density at radius 2 is 2.04 bits per heavy atom. The fourth-order valence-electron chi connectivity index (χ4n) is 2.36. The van der Waals surface area contributed by atoms with Gasteiger partial charge in [0.05, 0.1) is 11.5 Å². The third-order valence-corrected chi connectivity index (χ3v) is 4.93. The number of thiocarbonyl (C=S) groups is 1. The minimum atomic E-state index is -0.420. The standard InChI is InChI=1S/C19H16N2O4S2/c1-2-25-15-10-12(8-9-14(15)22)11-16-18(24)21(19(26)27-16)20-17(23)13-6-4-3-5-7-13/h3-11,22H,2H2,1H3,(H,20,23). The fourth-order valence-corrected chi connectivity index (χ4v) is 3.54. The summed E-state index contributed by atoms with van der Waals surface area (Å²) >= 11 is 6.30. The van der Waals surface area contributed by atoms with E-state index < -0.39 is 11.8 Å². The highest BCUT2D eigenvalue weighted by Crippen LogP contribution is 2.33. The summed E-state index contributed by atoms with van der Waals surface area (Å²) in [7, 11) is 0. The molecular weight excluding hydrogens is 384 g/mol. The van der Waals surface area contributed by atoms with Crippen LogP contribution in [0.4, 0.5) is 0 Å². The number of carbonyl (C=O) groups excluding carboxylic acids is 2. The maximum Gasteiger partial charge on any atom is 0.285 e. The average molecular weight is 400 g/mol. The van der Waals surface area contributed by atoms with Crippen LogP contribution in [0.2, 0.25) is 0 Å². The van der Waals surface area contributed by atoms with E-state index in [2.05, 4.69) is 5.43 Å². The lowest BCUT2D eigenvalue weighted by atomic mass is 10.2. The van der Waals surface area contributed by atoms with E-state index in [1.165, 1.54) is 6.07 Å². The molecule has 0 atom stereocenters. The zero-order chi connectivity index (χ0) is 19.4. The number of carbonyl (C=O) groups is 2. The topological polar surface area (TPSA) is 78.9 Å². The summed E-state index contributed by atoms with van der Waals surface area (Å²) in [5.74, 6) is -0.479. The molecule has 0 saturated carbocycles. The van der Waals surface area contributed by atoms with Crippen molar-refractivity contribution >= 4 is 46.2 Å². The summed E-state index contributed by atoms with van der Waals surface area (Å²) in [4.78, 5) is 25.3. The number of nitrogens with one attached hydrogen (secondary N) is 1. The van der Waals surface area contributed by atoms with Gasteiger partial charge in [-0.1, -0.05) is 36.0 Å². The highest BCUT2D eigenvalue weighted by Gasteiger charge is 2.33. The SMILES string of the molecule is CCOc1cc(C=C2SC(=S)N(NC(=O)c3ccccc3)C2=O)ccc1O. The number of thioether (sulfide) groups is 1. The largest absolute Gasteiger partial charge is 0.504 e. The molecule has 1 heterocycles. The smallest absolute Gasteiger partial charge is 0.285 e. The summed E-state index contributed by atoms with van der Waals surface area (Å²) in [5, 5.41) is 10.8. The van der Waals surface area contributed by atoms with E-state index in [9.17, 15) is 14.7 Å². The zero-order valence-corrected chi connectivity index (χ0v) is 16.0. The Labute approximate surface area is 165 Å². The Kier molecular flexibility index (Phi) is 5.78. The molecule has 0 radical (unpaired) electrons. The normalized spacial score (nSPS) is 15.3. The van der Waals surface area contributed by atoms with Crippen molar-refractivity contribution in [3.8, 4) is 11.5 Å². The third kappa shape index (κ3) is 4.29. The third-order valence-electron chi connectivity index (χ3n) is 3.62. The second-order valence-electron chi connectivity index (χ2n) is 5.48. The Morgan fingerprint density at radius 3 is 2.74 bits per heavy atom. The van der Waals surface area contributed by atoms with Crippen molar-refractivity contribution in [2.24, 2.45) is 0 Å². The maximum absolute atomic E-state index is 12.6. The van der Waals surface area contributed by atoms with Crippen LogP contribution in [0.3, 0.4) is 0 Å². The first-order valence-electron chi connectivity index (χ1n) is 8.09. The van der Waals surface area contributed by atoms with Gasteiger partial charge >= 0.3 is 0 Å². The molecule has 0 unspecified atom stereocenters. The van der Waals surface area contributed by atoms with Crippen molar-refractivity contribution in [3.05, 3.63) is 64.6 Å². The lowest BCUT2D eigenvalue weighted by molar-refractivity contribution is -0.123. The van der Waals surface area contributed by atoms with Crippen LogP contribution in [-0.2, 0) is 4.79 Å². The second kappa shape index (κ2) is 8.24. The van der Waals surface area contributed by atoms with Gasteiger partial charge in [-0.2, -0.15) is 5.01 Å². The molecule has 1 fully saturated rings. The monoisotopic (exact) mass is 400 g/mol. The van der Waals surface area contributed by atoms with Gasteiger partial charge in [0.25, 0.3) is 11.8 Å². The number of phenolic OH excluding ortho intramolecular Hbond substituents is 1. The van der Waals surface area contributed by atoms with Crippen LogP contribution in [-0.4, -0.2) is 32.9 Å². The van der Waals surface area contributed by atoms with Crippen LogP contribution in [0, 0.1) is 0 Å². The van der Waals surface area contributed by atoms with E-state index >= 15 is 0 Å². The van der Waals surface area contributed by atoms with Gasteiger partial charge in [-0.3, -0.25) is 15.0 Å². The molecule has 8 heteroatoms. The van der Waals surface area contributed by atoms with E-state index in [4.69, 9.17) is 17.0 Å². The Balaban J connectivity index is 1.78. The number of hydrogen-bond donors (Lipinski definition) is 2. The van der Waals surface area contributed by atoms with E-state index in [0.717, 1.165) is 16.8 Å². The number of aromatic hydroxyl groups is 1. The summed E-state index contributed by atoms with van der Waals surface area (Å²) in [6.07, 6.45) is 1.63. The van der Waals surface area contributed by atoms with E-state index in [1.54, 1.807) is 48.5 Å². The van der Waals surface area contributed by atoms with Crippen molar-refractivity contribution < 1.29 is 19.4 Å². The lowest BCUT2D eigenvalue weighted by Crippen LogP contribution is -2.44. The van der Waals surface area contributed by atoms with Crippen molar-refractivity contribution in [2.45, 2.75) is 6.92 Å². The zero-order valence-electron chi connectivity index (χ0n) is 14.3. The van der Waals surface area contributed by atoms with Gasteiger partial charge in [-0.25, -0.2) is 0 Å². The van der Waals surface area contributed by atoms with Crippen molar-refractivity contribution in [1.29, 1.82) is 0 Å². The first-order chi connectivity index (χ1) is 13.0. The van der Waals surface area contributed by atoms with Crippen LogP contribution in [0.15, 0.2) is 53.4 Å². The summed E-state index contributed by atoms with van der Waals surface area (Å²) < 4.78 is 5.58. The molecule has 1 saturated heterocycles. The number of hydrazine groups is 1. The first-order valence-corrected chi connectivity index (χ1v) is 9.32. The molecule has 0 bridgehead atoms. The van der Waals surface area contributed by atoms with Gasteiger partial charge in [0.15, 0.2) is 15.8 Å². The molecule has 2 aromatic carbocycles. The molecule has 2 N–H and O–H groups in total. The van der Waals surface area contributed by atoms with Crippen LogP contribution in [0.25, 0.3) is 6.08 Å². The van der Waals surface area contributed by atoms with Crippen LogP contribution < -0.4 is 10.2 Å². The summed E-state index contributed by atoms with van der Waals surface area (Å²) in [6, 6.07) is 13.4. The van der Waals surface area contributed by atoms with Gasteiger partial charge in [-0.05, 0) is 55.0 Å². The quantitative estimate of drug-likeness (QED) is 0.592. The minimum absolute atomic E-state index is 0.0247. The number of benzene rings is 2. The van der Waals surface area contributed by atoms with E-state index in [-0.39, 0.29) is 10.1 Å². The second-order valence-corrected chi connectivity index (χ2v) is 7.16. The van der Waals surface area contributed by atoms with Gasteiger partial charge in [-0.15, -0.1) is 0 Å². The van der Waals surface area contributed by atoms with Crippen molar-refractivity contribution in [3.63, 3.8) is 0 Å². The van der Waals surface area contributed by atoms with Crippen LogP contribution in [0.5, 0.6) is 11.5 Å².